The van der Waals surface area contributed by atoms with Crippen molar-refractivity contribution >= 4 is 28.5 Å². The third-order valence-electron chi connectivity index (χ3n) is 4.68. The van der Waals surface area contributed by atoms with Crippen molar-refractivity contribution in [3.63, 3.8) is 0 Å². The summed E-state index contributed by atoms with van der Waals surface area (Å²) < 4.78 is 5.90. The minimum Gasteiger partial charge on any atom is -0.550 e. The normalized spacial score (nSPS) is 12.0. The maximum absolute atomic E-state index is 11.5. The lowest BCUT2D eigenvalue weighted by atomic mass is 9.88. The first-order chi connectivity index (χ1) is 13.6. The van der Waals surface area contributed by atoms with Crippen LogP contribution in [-0.4, -0.2) is 11.0 Å². The van der Waals surface area contributed by atoms with Crippen molar-refractivity contribution in [2.45, 2.75) is 12.3 Å². The summed E-state index contributed by atoms with van der Waals surface area (Å²) in [6.45, 7) is 0. The molecule has 0 saturated heterocycles. The van der Waals surface area contributed by atoms with Crippen LogP contribution in [0.25, 0.3) is 10.9 Å². The second-order valence-corrected chi connectivity index (χ2v) is 6.98. The minimum absolute atomic E-state index is 0.119. The van der Waals surface area contributed by atoms with Crippen molar-refractivity contribution in [3.8, 4) is 11.5 Å². The highest BCUT2D eigenvalue weighted by atomic mass is 35.5. The lowest BCUT2D eigenvalue weighted by Crippen LogP contribution is -2.24. The molecule has 0 amide bonds. The van der Waals surface area contributed by atoms with E-state index in [0.717, 1.165) is 22.0 Å². The van der Waals surface area contributed by atoms with Gasteiger partial charge >= 0.3 is 0 Å². The molecule has 28 heavy (non-hydrogen) atoms. The summed E-state index contributed by atoms with van der Waals surface area (Å²) in [6.07, 6.45) is 1.75. The van der Waals surface area contributed by atoms with Gasteiger partial charge in [-0.3, -0.25) is 0 Å². The molecule has 0 aliphatic heterocycles. The first kappa shape index (κ1) is 18.1. The number of carbonyl (C=O) groups excluding carboxylic acids is 1. The van der Waals surface area contributed by atoms with Gasteiger partial charge in [0.1, 0.15) is 11.5 Å². The summed E-state index contributed by atoms with van der Waals surface area (Å²) in [6, 6.07) is 22.4. The lowest BCUT2D eigenvalue weighted by molar-refractivity contribution is -0.305. The zero-order chi connectivity index (χ0) is 19.5. The number of hydrogen-bond donors (Lipinski definition) is 1. The van der Waals surface area contributed by atoms with Crippen molar-refractivity contribution in [2.24, 2.45) is 0 Å². The van der Waals surface area contributed by atoms with Crippen molar-refractivity contribution in [2.75, 3.05) is 0 Å². The fraction of sp³-hybridized carbons (Fsp3) is 0.0870. The second kappa shape index (κ2) is 7.79. The lowest BCUT2D eigenvalue weighted by Gasteiger charge is -2.19. The number of carbonyl (C=O) groups is 1. The Bertz CT molecular complexity index is 1120. The molecule has 1 atom stereocenters. The molecule has 1 N–H and O–H groups in total. The highest BCUT2D eigenvalue weighted by Gasteiger charge is 2.19. The van der Waals surface area contributed by atoms with Crippen LogP contribution < -0.4 is 9.84 Å². The van der Waals surface area contributed by atoms with E-state index in [2.05, 4.69) is 4.98 Å². The number of carboxylic acids is 1. The van der Waals surface area contributed by atoms with Gasteiger partial charge < -0.3 is 19.6 Å². The van der Waals surface area contributed by atoms with Crippen LogP contribution in [0.3, 0.4) is 0 Å². The van der Waals surface area contributed by atoms with Gasteiger partial charge in [-0.15, -0.1) is 0 Å². The summed E-state index contributed by atoms with van der Waals surface area (Å²) >= 11 is 5.91. The number of rotatable bonds is 6. The number of nitrogens with one attached hydrogen (secondary N) is 1. The number of hydrogen-bond acceptors (Lipinski definition) is 3. The molecule has 4 nitrogen and oxygen atoms in total. The average molecular weight is 391 g/mol. The molecule has 1 heterocycles. The molecule has 140 valence electrons. The van der Waals surface area contributed by atoms with Gasteiger partial charge in [0.15, 0.2) is 0 Å². The van der Waals surface area contributed by atoms with Crippen LogP contribution in [0.2, 0.25) is 5.02 Å². The summed E-state index contributed by atoms with van der Waals surface area (Å²) in [5.41, 5.74) is 2.73. The number of aliphatic carboxylic acids is 1. The Balaban J connectivity index is 1.71. The van der Waals surface area contributed by atoms with Crippen molar-refractivity contribution in [3.05, 3.63) is 95.1 Å². The molecule has 0 spiro atoms. The molecular formula is C23H17ClNO3-. The minimum atomic E-state index is -1.10. The Morgan fingerprint density at radius 1 is 1.00 bits per heavy atom. The highest BCUT2D eigenvalue weighted by Crippen LogP contribution is 2.35. The van der Waals surface area contributed by atoms with Crippen LogP contribution in [0.1, 0.15) is 23.5 Å². The van der Waals surface area contributed by atoms with E-state index in [9.17, 15) is 9.90 Å². The zero-order valence-corrected chi connectivity index (χ0v) is 15.6. The van der Waals surface area contributed by atoms with E-state index in [1.165, 1.54) is 0 Å². The van der Waals surface area contributed by atoms with Gasteiger partial charge in [-0.05, 0) is 60.0 Å². The smallest absolute Gasteiger partial charge is 0.127 e. The molecular weight excluding hydrogens is 374 g/mol. The Hall–Kier alpha value is -3.24. The standard InChI is InChI=1S/C23H18ClNO3/c24-16-8-10-17(11-9-16)28-18-5-3-4-15(12-18)20(13-23(26)27)21-14-25-22-7-2-1-6-19(21)22/h1-12,14,20,25H,13H2,(H,26,27)/p-1/t20-/m0/s1. The van der Waals surface area contributed by atoms with E-state index in [0.29, 0.717) is 16.5 Å². The van der Waals surface area contributed by atoms with Crippen LogP contribution in [0.4, 0.5) is 0 Å². The number of fused-ring (bicyclic) bond motifs is 1. The number of aromatic nitrogens is 1. The average Bonchev–Trinajstić information content (AvgIpc) is 3.12. The largest absolute Gasteiger partial charge is 0.550 e. The molecule has 0 fully saturated rings. The van der Waals surface area contributed by atoms with Crippen LogP contribution in [0, 0.1) is 0 Å². The first-order valence-electron chi connectivity index (χ1n) is 8.89. The third kappa shape index (κ3) is 3.87. The van der Waals surface area contributed by atoms with Crippen LogP contribution >= 0.6 is 11.6 Å². The topological polar surface area (TPSA) is 65.2 Å². The predicted octanol–water partition coefficient (Wildman–Crippen LogP) is 4.89. The van der Waals surface area contributed by atoms with Gasteiger partial charge in [0.25, 0.3) is 0 Å². The number of para-hydroxylation sites is 1. The molecule has 0 unspecified atom stereocenters. The van der Waals surface area contributed by atoms with Crippen molar-refractivity contribution < 1.29 is 14.6 Å². The predicted molar refractivity (Wildman–Crippen MR) is 108 cm³/mol. The second-order valence-electron chi connectivity index (χ2n) is 6.55. The van der Waals surface area contributed by atoms with Gasteiger partial charge in [0.05, 0.1) is 0 Å². The fourth-order valence-corrected chi connectivity index (χ4v) is 3.52. The van der Waals surface area contributed by atoms with Gasteiger partial charge in [-0.2, -0.15) is 0 Å². The quantitative estimate of drug-likeness (QED) is 0.510. The SMILES string of the molecule is O=C([O-])C[C@@H](c1cccc(Oc2ccc(Cl)cc2)c1)c1c[nH]c2ccccc12. The van der Waals surface area contributed by atoms with E-state index in [4.69, 9.17) is 16.3 Å². The Morgan fingerprint density at radius 2 is 1.79 bits per heavy atom. The summed E-state index contributed by atoms with van der Waals surface area (Å²) in [5.74, 6) is -0.165. The maximum Gasteiger partial charge on any atom is 0.127 e. The van der Waals surface area contributed by atoms with E-state index in [1.54, 1.807) is 24.3 Å². The summed E-state index contributed by atoms with van der Waals surface area (Å²) in [7, 11) is 0. The van der Waals surface area contributed by atoms with Crippen molar-refractivity contribution in [1.82, 2.24) is 4.98 Å². The third-order valence-corrected chi connectivity index (χ3v) is 4.93. The first-order valence-corrected chi connectivity index (χ1v) is 9.27. The Kier molecular flexibility index (Phi) is 5.04. The van der Waals surface area contributed by atoms with Crippen molar-refractivity contribution in [1.29, 1.82) is 0 Å². The van der Waals surface area contributed by atoms with E-state index >= 15 is 0 Å². The van der Waals surface area contributed by atoms with Gasteiger partial charge in [-0.1, -0.05) is 41.9 Å². The Labute approximate surface area is 167 Å². The molecule has 0 saturated carbocycles. The van der Waals surface area contributed by atoms with Gasteiger partial charge in [0.2, 0.25) is 0 Å². The molecule has 0 aliphatic carbocycles. The summed E-state index contributed by atoms with van der Waals surface area (Å²) in [5, 5.41) is 13.1. The number of carboxylic acid groups (broad SMARTS) is 1. The Morgan fingerprint density at radius 3 is 2.57 bits per heavy atom. The summed E-state index contributed by atoms with van der Waals surface area (Å²) in [4.78, 5) is 14.7. The molecule has 5 heteroatoms. The molecule has 0 radical (unpaired) electrons. The van der Waals surface area contributed by atoms with Crippen LogP contribution in [-0.2, 0) is 4.79 Å². The van der Waals surface area contributed by atoms with Gasteiger partial charge in [0, 0.05) is 34.0 Å². The van der Waals surface area contributed by atoms with Crippen LogP contribution in [0.5, 0.6) is 11.5 Å². The van der Waals surface area contributed by atoms with E-state index < -0.39 is 5.97 Å². The number of benzene rings is 3. The number of halogens is 1. The van der Waals surface area contributed by atoms with Gasteiger partial charge in [-0.25, -0.2) is 0 Å². The molecule has 0 aliphatic rings. The van der Waals surface area contributed by atoms with E-state index in [1.807, 2.05) is 54.7 Å². The molecule has 4 aromatic rings. The number of aromatic amines is 1. The zero-order valence-electron chi connectivity index (χ0n) is 14.9. The number of ether oxygens (including phenoxy) is 1. The van der Waals surface area contributed by atoms with E-state index in [-0.39, 0.29) is 12.3 Å². The number of H-pyrrole nitrogens is 1. The molecule has 1 aromatic heterocycles. The fourth-order valence-electron chi connectivity index (χ4n) is 3.39. The van der Waals surface area contributed by atoms with Crippen LogP contribution in [0.15, 0.2) is 79.0 Å². The molecule has 3 aromatic carbocycles. The molecule has 4 rings (SSSR count). The highest BCUT2D eigenvalue weighted by molar-refractivity contribution is 6.30. The molecule has 0 bridgehead atoms. The maximum atomic E-state index is 11.5. The monoisotopic (exact) mass is 390 g/mol.